The molecule has 1 N–H and O–H groups in total. The van der Waals surface area contributed by atoms with Gasteiger partial charge in [0, 0.05) is 11.8 Å². The number of nitrogens with one attached hydrogen (secondary N) is 1. The minimum Gasteiger partial charge on any atom is -0.362 e. The van der Waals surface area contributed by atoms with Gasteiger partial charge >= 0.3 is 16.3 Å². The summed E-state index contributed by atoms with van der Waals surface area (Å²) in [6.07, 6.45) is -4.42. The molecule has 2 aromatic heterocycles. The Morgan fingerprint density at radius 1 is 1.15 bits per heavy atom. The van der Waals surface area contributed by atoms with Crippen molar-refractivity contribution in [2.75, 3.05) is 11.1 Å². The summed E-state index contributed by atoms with van der Waals surface area (Å²) < 4.78 is 67.2. The monoisotopic (exact) mass is 386 g/mol. The van der Waals surface area contributed by atoms with Crippen LogP contribution in [-0.2, 0) is 16.3 Å². The van der Waals surface area contributed by atoms with Gasteiger partial charge in [-0.25, -0.2) is 0 Å². The third kappa shape index (κ3) is 3.87. The fourth-order valence-electron chi connectivity index (χ4n) is 2.06. The first-order valence-electron chi connectivity index (χ1n) is 7.40. The third-order valence-electron chi connectivity index (χ3n) is 3.36. The van der Waals surface area contributed by atoms with Crippen LogP contribution in [0.3, 0.4) is 0 Å². The number of hydrogen-bond donors (Lipinski definition) is 1. The second kappa shape index (κ2) is 6.48. The largest absolute Gasteiger partial charge is 0.416 e. The second-order valence-electron chi connectivity index (χ2n) is 5.20. The van der Waals surface area contributed by atoms with Crippen LogP contribution in [0.5, 0.6) is 5.88 Å². The van der Waals surface area contributed by atoms with Gasteiger partial charge in [0.05, 0.1) is 11.3 Å². The molecule has 11 heteroatoms. The van der Waals surface area contributed by atoms with Crippen LogP contribution in [0.4, 0.5) is 24.8 Å². The van der Waals surface area contributed by atoms with Crippen molar-refractivity contribution in [1.29, 1.82) is 0 Å². The summed E-state index contributed by atoms with van der Waals surface area (Å²) >= 11 is 0. The van der Waals surface area contributed by atoms with Crippen molar-refractivity contribution in [2.24, 2.45) is 0 Å². The maximum absolute atomic E-state index is 12.6. The Morgan fingerprint density at radius 2 is 1.85 bits per heavy atom. The van der Waals surface area contributed by atoms with Gasteiger partial charge in [0.25, 0.3) is 0 Å². The summed E-state index contributed by atoms with van der Waals surface area (Å²) in [6.45, 7) is 1.44. The van der Waals surface area contributed by atoms with Crippen molar-refractivity contribution < 1.29 is 25.8 Å². The normalized spacial score (nSPS) is 12.3. The molecule has 0 unspecified atom stereocenters. The van der Waals surface area contributed by atoms with Crippen LogP contribution in [-0.4, -0.2) is 28.8 Å². The van der Waals surface area contributed by atoms with Gasteiger partial charge in [0.15, 0.2) is 5.65 Å². The van der Waals surface area contributed by atoms with E-state index >= 15 is 0 Å². The second-order valence-corrected chi connectivity index (χ2v) is 7.06. The highest BCUT2D eigenvalue weighted by molar-refractivity contribution is 7.87. The minimum absolute atomic E-state index is 0.0441. The number of hydrogen-bond acceptors (Lipinski definition) is 6. The molecule has 0 fully saturated rings. The van der Waals surface area contributed by atoms with Crippen molar-refractivity contribution in [3.8, 4) is 5.88 Å². The predicted octanol–water partition coefficient (Wildman–Crippen LogP) is 3.22. The molecule has 0 bridgehead atoms. The van der Waals surface area contributed by atoms with Gasteiger partial charge < -0.3 is 9.50 Å². The van der Waals surface area contributed by atoms with Gasteiger partial charge in [-0.15, -0.1) is 5.10 Å². The van der Waals surface area contributed by atoms with Crippen LogP contribution in [0, 0.1) is 0 Å². The summed E-state index contributed by atoms with van der Waals surface area (Å²) in [4.78, 5) is 4.14. The van der Waals surface area contributed by atoms with E-state index in [0.717, 1.165) is 12.1 Å². The van der Waals surface area contributed by atoms with E-state index in [2.05, 4.69) is 15.4 Å². The first kappa shape index (κ1) is 18.0. The number of rotatable bonds is 5. The minimum atomic E-state index is -4.42. The Labute approximate surface area is 146 Å². The van der Waals surface area contributed by atoms with Crippen LogP contribution < -0.4 is 9.50 Å². The molecule has 2 heterocycles. The van der Waals surface area contributed by atoms with E-state index in [0.29, 0.717) is 11.3 Å². The Bertz CT molecular complexity index is 1030. The molecule has 7 nitrogen and oxygen atoms in total. The van der Waals surface area contributed by atoms with Crippen LogP contribution in [0.1, 0.15) is 12.5 Å². The molecule has 0 saturated heterocycles. The number of nitrogens with zero attached hydrogens (tertiary/aromatic N) is 3. The van der Waals surface area contributed by atoms with Crippen molar-refractivity contribution in [3.05, 3.63) is 48.0 Å². The summed E-state index contributed by atoms with van der Waals surface area (Å²) in [7, 11) is -3.75. The number of pyridine rings is 1. The molecule has 0 aliphatic carbocycles. The molecular formula is C15H13F3N4O3S. The molecule has 1 aromatic carbocycles. The highest BCUT2D eigenvalue weighted by atomic mass is 32.2. The SMILES string of the molecule is CCS(=O)(=O)Oc1cccc2nc(Nc3ccc(C(F)(F)F)cc3)nn12. The number of alkyl halides is 3. The molecular weight excluding hydrogens is 373 g/mol. The highest BCUT2D eigenvalue weighted by Gasteiger charge is 2.30. The highest BCUT2D eigenvalue weighted by Crippen LogP contribution is 2.30. The van der Waals surface area contributed by atoms with E-state index < -0.39 is 21.9 Å². The molecule has 3 rings (SSSR count). The first-order valence-corrected chi connectivity index (χ1v) is 8.98. The van der Waals surface area contributed by atoms with Crippen LogP contribution in [0.25, 0.3) is 5.65 Å². The molecule has 0 amide bonds. The van der Waals surface area contributed by atoms with E-state index in [4.69, 9.17) is 4.18 Å². The quantitative estimate of drug-likeness (QED) is 0.678. The van der Waals surface area contributed by atoms with E-state index in [1.807, 2.05) is 0 Å². The fraction of sp³-hybridized carbons (Fsp3) is 0.200. The predicted molar refractivity (Wildman–Crippen MR) is 87.8 cm³/mol. The van der Waals surface area contributed by atoms with Gasteiger partial charge in [0.2, 0.25) is 11.8 Å². The van der Waals surface area contributed by atoms with Crippen molar-refractivity contribution in [1.82, 2.24) is 14.6 Å². The molecule has 0 saturated carbocycles. The molecule has 26 heavy (non-hydrogen) atoms. The number of halogens is 3. The van der Waals surface area contributed by atoms with Crippen LogP contribution >= 0.6 is 0 Å². The van der Waals surface area contributed by atoms with E-state index in [1.54, 1.807) is 12.1 Å². The Morgan fingerprint density at radius 3 is 2.46 bits per heavy atom. The lowest BCUT2D eigenvalue weighted by atomic mass is 10.2. The van der Waals surface area contributed by atoms with Crippen LogP contribution in [0.2, 0.25) is 0 Å². The van der Waals surface area contributed by atoms with Gasteiger partial charge in [-0.1, -0.05) is 6.07 Å². The topological polar surface area (TPSA) is 85.6 Å². The van der Waals surface area contributed by atoms with Crippen molar-refractivity contribution >= 4 is 27.4 Å². The van der Waals surface area contributed by atoms with Gasteiger partial charge in [0.1, 0.15) is 0 Å². The van der Waals surface area contributed by atoms with Crippen molar-refractivity contribution in [3.63, 3.8) is 0 Å². The number of fused-ring (bicyclic) bond motifs is 1. The summed E-state index contributed by atoms with van der Waals surface area (Å²) in [5.41, 5.74) is -0.118. The summed E-state index contributed by atoms with van der Waals surface area (Å²) in [6, 6.07) is 8.89. The standard InChI is InChI=1S/C15H13F3N4O3S/c1-2-26(23,24)25-13-5-3-4-12-20-14(21-22(12)13)19-11-8-6-10(7-9-11)15(16,17)18/h3-9H,2H2,1H3,(H,19,21). The molecule has 0 spiro atoms. The number of aromatic nitrogens is 3. The molecule has 3 aromatic rings. The molecule has 0 aliphatic rings. The van der Waals surface area contributed by atoms with E-state index in [9.17, 15) is 21.6 Å². The van der Waals surface area contributed by atoms with Crippen LogP contribution in [0.15, 0.2) is 42.5 Å². The van der Waals surface area contributed by atoms with Crippen molar-refractivity contribution in [2.45, 2.75) is 13.1 Å². The summed E-state index contributed by atoms with van der Waals surface area (Å²) in [5.74, 6) is -0.179. The fourth-order valence-corrected chi connectivity index (χ4v) is 2.56. The maximum atomic E-state index is 12.6. The summed E-state index contributed by atoms with van der Waals surface area (Å²) in [5, 5.41) is 6.84. The Kier molecular flexibility index (Phi) is 4.48. The van der Waals surface area contributed by atoms with E-state index in [1.165, 1.54) is 29.6 Å². The smallest absolute Gasteiger partial charge is 0.362 e. The Hall–Kier alpha value is -2.82. The lowest BCUT2D eigenvalue weighted by molar-refractivity contribution is -0.137. The molecule has 0 atom stereocenters. The van der Waals surface area contributed by atoms with Gasteiger partial charge in [-0.05, 0) is 37.3 Å². The average molecular weight is 386 g/mol. The lowest BCUT2D eigenvalue weighted by Gasteiger charge is -2.07. The van der Waals surface area contributed by atoms with Gasteiger partial charge in [-0.2, -0.15) is 31.1 Å². The third-order valence-corrected chi connectivity index (χ3v) is 4.49. The zero-order chi connectivity index (χ0) is 18.9. The number of anilines is 2. The molecule has 138 valence electrons. The lowest BCUT2D eigenvalue weighted by Crippen LogP contribution is -2.13. The van der Waals surface area contributed by atoms with Gasteiger partial charge in [-0.3, -0.25) is 0 Å². The number of benzene rings is 1. The maximum Gasteiger partial charge on any atom is 0.416 e. The zero-order valence-electron chi connectivity index (χ0n) is 13.4. The zero-order valence-corrected chi connectivity index (χ0v) is 14.2. The average Bonchev–Trinajstić information content (AvgIpc) is 2.98. The van der Waals surface area contributed by atoms with E-state index in [-0.39, 0.29) is 17.6 Å². The molecule has 0 radical (unpaired) electrons. The Balaban J connectivity index is 1.88. The molecule has 0 aliphatic heterocycles. The first-order chi connectivity index (χ1) is 12.2.